The van der Waals surface area contributed by atoms with Crippen LogP contribution in [0.2, 0.25) is 0 Å². The maximum absolute atomic E-state index is 10.8. The van der Waals surface area contributed by atoms with Crippen molar-refractivity contribution in [3.8, 4) is 0 Å². The Labute approximate surface area is 60.8 Å². The van der Waals surface area contributed by atoms with Crippen LogP contribution < -0.4 is 5.32 Å². The van der Waals surface area contributed by atoms with Crippen molar-refractivity contribution in [3.63, 3.8) is 0 Å². The van der Waals surface area contributed by atoms with Crippen molar-refractivity contribution < 1.29 is 9.90 Å². The molecule has 0 heterocycles. The van der Waals surface area contributed by atoms with Crippen LogP contribution in [0.1, 0.15) is 6.92 Å². The molecule has 2 N–H and O–H groups in total. The van der Waals surface area contributed by atoms with Crippen LogP contribution in [0.4, 0.5) is 4.79 Å². The summed E-state index contributed by atoms with van der Waals surface area (Å²) in [5.74, 6) is 0. The van der Waals surface area contributed by atoms with Crippen LogP contribution in [0.3, 0.4) is 0 Å². The molecule has 0 rings (SSSR count). The standard InChI is InChI=1S/C6H14N2O2/c1-5(4-9)7-6(10)8(2)3/h5,9H,4H2,1-3H3,(H,7,10)/t5-/m1/s1. The third-order valence-corrected chi connectivity index (χ3v) is 1.05. The SMILES string of the molecule is C[C@H](CO)NC(=O)N(C)C. The van der Waals surface area contributed by atoms with Gasteiger partial charge >= 0.3 is 6.03 Å². The highest BCUT2D eigenvalue weighted by Crippen LogP contribution is 1.81. The van der Waals surface area contributed by atoms with E-state index in [2.05, 4.69) is 5.32 Å². The van der Waals surface area contributed by atoms with Crippen molar-refractivity contribution in [2.24, 2.45) is 0 Å². The highest BCUT2D eigenvalue weighted by atomic mass is 16.3. The molecule has 0 fully saturated rings. The first-order valence-corrected chi connectivity index (χ1v) is 3.16. The first-order chi connectivity index (χ1) is 4.57. The van der Waals surface area contributed by atoms with Crippen LogP contribution >= 0.6 is 0 Å². The third-order valence-electron chi connectivity index (χ3n) is 1.05. The average molecular weight is 146 g/mol. The van der Waals surface area contributed by atoms with Gasteiger partial charge in [-0.05, 0) is 6.92 Å². The first kappa shape index (κ1) is 9.23. The molecule has 60 valence electrons. The van der Waals surface area contributed by atoms with Crippen molar-refractivity contribution in [2.45, 2.75) is 13.0 Å². The van der Waals surface area contributed by atoms with Crippen molar-refractivity contribution in [3.05, 3.63) is 0 Å². The van der Waals surface area contributed by atoms with Gasteiger partial charge in [0, 0.05) is 14.1 Å². The summed E-state index contributed by atoms with van der Waals surface area (Å²) in [6.45, 7) is 1.71. The van der Waals surface area contributed by atoms with Gasteiger partial charge in [-0.25, -0.2) is 4.79 Å². The van der Waals surface area contributed by atoms with E-state index in [9.17, 15) is 4.79 Å². The fourth-order valence-electron chi connectivity index (χ4n) is 0.386. The zero-order chi connectivity index (χ0) is 8.15. The van der Waals surface area contributed by atoms with E-state index in [1.165, 1.54) is 4.90 Å². The molecular weight excluding hydrogens is 132 g/mol. The Hall–Kier alpha value is -0.770. The molecule has 0 spiro atoms. The molecule has 0 unspecified atom stereocenters. The summed E-state index contributed by atoms with van der Waals surface area (Å²) in [7, 11) is 3.30. The van der Waals surface area contributed by atoms with Gasteiger partial charge < -0.3 is 15.3 Å². The summed E-state index contributed by atoms with van der Waals surface area (Å²) in [4.78, 5) is 12.2. The van der Waals surface area contributed by atoms with Gasteiger partial charge in [0.1, 0.15) is 0 Å². The minimum Gasteiger partial charge on any atom is -0.394 e. The number of aliphatic hydroxyl groups excluding tert-OH is 1. The molecule has 0 aliphatic heterocycles. The lowest BCUT2D eigenvalue weighted by atomic mass is 10.4. The Balaban J connectivity index is 3.57. The quantitative estimate of drug-likeness (QED) is 0.559. The molecule has 0 aliphatic rings. The summed E-state index contributed by atoms with van der Waals surface area (Å²) in [6, 6.07) is -0.351. The van der Waals surface area contributed by atoms with E-state index < -0.39 is 0 Å². The van der Waals surface area contributed by atoms with Crippen molar-refractivity contribution in [1.82, 2.24) is 10.2 Å². The van der Waals surface area contributed by atoms with E-state index in [-0.39, 0.29) is 18.7 Å². The van der Waals surface area contributed by atoms with Gasteiger partial charge in [-0.1, -0.05) is 0 Å². The molecule has 0 saturated carbocycles. The van der Waals surface area contributed by atoms with E-state index in [0.717, 1.165) is 0 Å². The number of hydrogen-bond donors (Lipinski definition) is 2. The molecule has 4 heteroatoms. The lowest BCUT2D eigenvalue weighted by Crippen LogP contribution is -2.41. The molecule has 0 saturated heterocycles. The monoisotopic (exact) mass is 146 g/mol. The Morgan fingerprint density at radius 1 is 1.70 bits per heavy atom. The second-order valence-corrected chi connectivity index (χ2v) is 2.43. The second kappa shape index (κ2) is 4.11. The number of urea groups is 1. The number of aliphatic hydroxyl groups is 1. The number of amides is 2. The molecule has 0 aromatic rings. The lowest BCUT2D eigenvalue weighted by molar-refractivity contribution is 0.201. The molecule has 0 aliphatic carbocycles. The molecule has 0 bridgehead atoms. The Morgan fingerprint density at radius 3 is 2.50 bits per heavy atom. The molecule has 2 amide bonds. The topological polar surface area (TPSA) is 52.6 Å². The summed E-state index contributed by atoms with van der Waals surface area (Å²) < 4.78 is 0. The maximum Gasteiger partial charge on any atom is 0.317 e. The smallest absolute Gasteiger partial charge is 0.317 e. The van der Waals surface area contributed by atoms with Crippen LogP contribution in [-0.4, -0.2) is 42.8 Å². The predicted molar refractivity (Wildman–Crippen MR) is 38.8 cm³/mol. The fraction of sp³-hybridized carbons (Fsp3) is 0.833. The van der Waals surface area contributed by atoms with E-state index in [4.69, 9.17) is 5.11 Å². The van der Waals surface area contributed by atoms with Crippen molar-refractivity contribution >= 4 is 6.03 Å². The summed E-state index contributed by atoms with van der Waals surface area (Å²) >= 11 is 0. The zero-order valence-corrected chi connectivity index (χ0v) is 6.59. The number of carbonyl (C=O) groups excluding carboxylic acids is 1. The van der Waals surface area contributed by atoms with E-state index in [1.807, 2.05) is 0 Å². The first-order valence-electron chi connectivity index (χ1n) is 3.16. The molecule has 1 atom stereocenters. The van der Waals surface area contributed by atoms with Gasteiger partial charge in [0.2, 0.25) is 0 Å². The van der Waals surface area contributed by atoms with Gasteiger partial charge in [0.05, 0.1) is 12.6 Å². The van der Waals surface area contributed by atoms with Crippen LogP contribution in [0, 0.1) is 0 Å². The summed E-state index contributed by atoms with van der Waals surface area (Å²) in [5.41, 5.74) is 0. The summed E-state index contributed by atoms with van der Waals surface area (Å²) in [6.07, 6.45) is 0. The minimum absolute atomic E-state index is 0.0282. The second-order valence-electron chi connectivity index (χ2n) is 2.43. The highest BCUT2D eigenvalue weighted by molar-refractivity contribution is 5.73. The normalized spacial score (nSPS) is 12.4. The Morgan fingerprint density at radius 2 is 2.20 bits per heavy atom. The van der Waals surface area contributed by atoms with Crippen LogP contribution in [0.5, 0.6) is 0 Å². The molecule has 0 aromatic carbocycles. The third kappa shape index (κ3) is 3.29. The summed E-state index contributed by atoms with van der Waals surface area (Å²) in [5, 5.41) is 11.1. The molecule has 0 aromatic heterocycles. The number of carbonyl (C=O) groups is 1. The van der Waals surface area contributed by atoms with Gasteiger partial charge in [-0.15, -0.1) is 0 Å². The van der Waals surface area contributed by atoms with E-state index >= 15 is 0 Å². The molecule has 4 nitrogen and oxygen atoms in total. The minimum atomic E-state index is -0.179. The number of nitrogens with zero attached hydrogens (tertiary/aromatic N) is 1. The lowest BCUT2D eigenvalue weighted by Gasteiger charge is -2.15. The largest absolute Gasteiger partial charge is 0.394 e. The zero-order valence-electron chi connectivity index (χ0n) is 6.59. The molecule has 0 radical (unpaired) electrons. The Bertz CT molecular complexity index is 114. The highest BCUT2D eigenvalue weighted by Gasteiger charge is 2.05. The number of rotatable bonds is 2. The molecular formula is C6H14N2O2. The maximum atomic E-state index is 10.8. The fourth-order valence-corrected chi connectivity index (χ4v) is 0.386. The van der Waals surface area contributed by atoms with Crippen LogP contribution in [-0.2, 0) is 0 Å². The van der Waals surface area contributed by atoms with Crippen LogP contribution in [0.15, 0.2) is 0 Å². The Kier molecular flexibility index (Phi) is 3.79. The number of hydrogen-bond acceptors (Lipinski definition) is 2. The predicted octanol–water partition coefficient (Wildman–Crippen LogP) is -0.362. The van der Waals surface area contributed by atoms with Gasteiger partial charge in [-0.2, -0.15) is 0 Å². The van der Waals surface area contributed by atoms with Crippen LogP contribution in [0.25, 0.3) is 0 Å². The van der Waals surface area contributed by atoms with Gasteiger partial charge in [0.15, 0.2) is 0 Å². The molecule has 10 heavy (non-hydrogen) atoms. The number of nitrogens with one attached hydrogen (secondary N) is 1. The van der Waals surface area contributed by atoms with Gasteiger partial charge in [0.25, 0.3) is 0 Å². The van der Waals surface area contributed by atoms with E-state index in [0.29, 0.717) is 0 Å². The van der Waals surface area contributed by atoms with E-state index in [1.54, 1.807) is 21.0 Å². The van der Waals surface area contributed by atoms with Gasteiger partial charge in [-0.3, -0.25) is 0 Å². The average Bonchev–Trinajstić information content (AvgIpc) is 1.87. The van der Waals surface area contributed by atoms with Crippen molar-refractivity contribution in [1.29, 1.82) is 0 Å². The van der Waals surface area contributed by atoms with Crippen molar-refractivity contribution in [2.75, 3.05) is 20.7 Å².